The molecule has 0 aliphatic rings. The molecule has 4 heteroatoms. The Morgan fingerprint density at radius 3 is 2.15 bits per heavy atom. The number of ether oxygens (including phenoxy) is 1. The maximum Gasteiger partial charge on any atom is 0.404 e. The summed E-state index contributed by atoms with van der Waals surface area (Å²) in [6.07, 6.45) is -0.711. The fraction of sp³-hybridized carbons (Fsp3) is 0.222. The van der Waals surface area contributed by atoms with Crippen LogP contribution in [0.4, 0.5) is 4.79 Å². The molecule has 0 heterocycles. The molecule has 0 saturated carbocycles. The number of aromatic hydroxyl groups is 1. The van der Waals surface area contributed by atoms with E-state index in [-0.39, 0.29) is 0 Å². The van der Waals surface area contributed by atoms with Crippen molar-refractivity contribution >= 4 is 6.09 Å². The van der Waals surface area contributed by atoms with Crippen molar-refractivity contribution in [1.29, 1.82) is 0 Å². The van der Waals surface area contributed by atoms with Gasteiger partial charge in [0.15, 0.2) is 0 Å². The third-order valence-electron chi connectivity index (χ3n) is 1.04. The zero-order chi connectivity index (χ0) is 10.1. The van der Waals surface area contributed by atoms with Crippen LogP contribution >= 0.6 is 0 Å². The van der Waals surface area contributed by atoms with Crippen LogP contribution in [-0.2, 0) is 4.74 Å². The molecule has 3 N–H and O–H groups in total. The van der Waals surface area contributed by atoms with Gasteiger partial charge in [-0.3, -0.25) is 0 Å². The van der Waals surface area contributed by atoms with E-state index in [0.29, 0.717) is 12.4 Å². The molecule has 0 saturated heterocycles. The number of primary amides is 1. The van der Waals surface area contributed by atoms with Crippen LogP contribution in [0, 0.1) is 0 Å². The second-order valence-electron chi connectivity index (χ2n) is 2.09. The first kappa shape index (κ1) is 11.3. The van der Waals surface area contributed by atoms with Gasteiger partial charge in [-0.2, -0.15) is 0 Å². The number of phenolic OH excluding ortho intramolecular Hbond substituents is 1. The van der Waals surface area contributed by atoms with E-state index in [1.165, 1.54) is 0 Å². The Morgan fingerprint density at radius 2 is 2.00 bits per heavy atom. The molecular weight excluding hydrogens is 170 g/mol. The lowest BCUT2D eigenvalue weighted by molar-refractivity contribution is 0.163. The number of hydrogen-bond acceptors (Lipinski definition) is 3. The van der Waals surface area contributed by atoms with Crippen LogP contribution in [0.2, 0.25) is 0 Å². The minimum absolute atomic E-state index is 0.322. The topological polar surface area (TPSA) is 72.5 Å². The van der Waals surface area contributed by atoms with Crippen molar-refractivity contribution in [3.05, 3.63) is 30.3 Å². The van der Waals surface area contributed by atoms with Gasteiger partial charge in [0, 0.05) is 0 Å². The zero-order valence-electron chi connectivity index (χ0n) is 7.43. The number of carbonyl (C=O) groups is 1. The van der Waals surface area contributed by atoms with Gasteiger partial charge in [-0.1, -0.05) is 18.2 Å². The number of nitrogens with two attached hydrogens (primary N) is 1. The molecule has 1 aromatic rings. The first-order valence-electron chi connectivity index (χ1n) is 3.83. The third-order valence-corrected chi connectivity index (χ3v) is 1.04. The Hall–Kier alpha value is -1.71. The van der Waals surface area contributed by atoms with Crippen LogP contribution in [0.25, 0.3) is 0 Å². The van der Waals surface area contributed by atoms with Gasteiger partial charge < -0.3 is 15.6 Å². The molecule has 0 bridgehead atoms. The lowest BCUT2D eigenvalue weighted by Gasteiger charge is -1.89. The van der Waals surface area contributed by atoms with Crippen molar-refractivity contribution in [2.75, 3.05) is 6.61 Å². The quantitative estimate of drug-likeness (QED) is 0.692. The molecule has 0 radical (unpaired) electrons. The average Bonchev–Trinajstić information content (AvgIpc) is 2.06. The summed E-state index contributed by atoms with van der Waals surface area (Å²) in [6.45, 7) is 2.06. The number of carbonyl (C=O) groups excluding carboxylic acids is 1. The van der Waals surface area contributed by atoms with Crippen LogP contribution < -0.4 is 5.73 Å². The second-order valence-corrected chi connectivity index (χ2v) is 2.09. The summed E-state index contributed by atoms with van der Waals surface area (Å²) in [5.74, 6) is 0.322. The molecule has 1 aromatic carbocycles. The van der Waals surface area contributed by atoms with Crippen molar-refractivity contribution in [2.45, 2.75) is 6.92 Å². The molecule has 0 aliphatic carbocycles. The van der Waals surface area contributed by atoms with Crippen molar-refractivity contribution < 1.29 is 14.6 Å². The minimum Gasteiger partial charge on any atom is -0.508 e. The zero-order valence-corrected chi connectivity index (χ0v) is 7.43. The van der Waals surface area contributed by atoms with Gasteiger partial charge in [0.05, 0.1) is 6.61 Å². The molecule has 4 nitrogen and oxygen atoms in total. The lowest BCUT2D eigenvalue weighted by atomic mass is 10.3. The standard InChI is InChI=1S/C6H6O.C3H7NO2/c7-6-4-2-1-3-5-6;1-2-6-3(4)5/h1-5,7H;2H2,1H3,(H2,4,5). The maximum absolute atomic E-state index is 9.60. The van der Waals surface area contributed by atoms with Gasteiger partial charge >= 0.3 is 6.09 Å². The van der Waals surface area contributed by atoms with Crippen molar-refractivity contribution in [2.24, 2.45) is 5.73 Å². The van der Waals surface area contributed by atoms with Gasteiger partial charge in [-0.25, -0.2) is 4.79 Å². The van der Waals surface area contributed by atoms with Crippen molar-refractivity contribution in [1.82, 2.24) is 0 Å². The van der Waals surface area contributed by atoms with E-state index >= 15 is 0 Å². The summed E-state index contributed by atoms with van der Waals surface area (Å²) in [5.41, 5.74) is 4.54. The van der Waals surface area contributed by atoms with Crippen LogP contribution in [0.15, 0.2) is 30.3 Å². The Morgan fingerprint density at radius 1 is 1.46 bits per heavy atom. The summed E-state index contributed by atoms with van der Waals surface area (Å²) >= 11 is 0. The van der Waals surface area contributed by atoms with Crippen LogP contribution in [0.3, 0.4) is 0 Å². The minimum atomic E-state index is -0.711. The summed E-state index contributed by atoms with van der Waals surface area (Å²) in [5, 5.41) is 8.63. The fourth-order valence-electron chi connectivity index (χ4n) is 0.570. The predicted octanol–water partition coefficient (Wildman–Crippen LogP) is 1.49. The molecule has 0 aromatic heterocycles. The number of para-hydroxylation sites is 1. The molecule has 0 atom stereocenters. The van der Waals surface area contributed by atoms with E-state index in [0.717, 1.165) is 0 Å². The van der Waals surface area contributed by atoms with Crippen LogP contribution in [0.5, 0.6) is 5.75 Å². The van der Waals surface area contributed by atoms with Crippen molar-refractivity contribution in [3.63, 3.8) is 0 Å². The summed E-state index contributed by atoms with van der Waals surface area (Å²) in [4.78, 5) is 9.60. The van der Waals surface area contributed by atoms with Gasteiger partial charge in [0.2, 0.25) is 0 Å². The van der Waals surface area contributed by atoms with E-state index in [1.54, 1.807) is 31.2 Å². The van der Waals surface area contributed by atoms with Gasteiger partial charge in [0.25, 0.3) is 0 Å². The average molecular weight is 183 g/mol. The highest BCUT2D eigenvalue weighted by Gasteiger charge is 1.82. The molecule has 1 amide bonds. The smallest absolute Gasteiger partial charge is 0.404 e. The molecule has 0 aliphatic heterocycles. The van der Waals surface area contributed by atoms with E-state index in [2.05, 4.69) is 10.5 Å². The van der Waals surface area contributed by atoms with E-state index in [9.17, 15) is 4.79 Å². The largest absolute Gasteiger partial charge is 0.508 e. The first-order chi connectivity index (χ1) is 6.16. The van der Waals surface area contributed by atoms with Gasteiger partial charge in [-0.05, 0) is 19.1 Å². The molecule has 0 fully saturated rings. The number of hydrogen-bond donors (Lipinski definition) is 2. The summed E-state index contributed by atoms with van der Waals surface area (Å²) in [7, 11) is 0. The third kappa shape index (κ3) is 8.19. The molecule has 1 rings (SSSR count). The van der Waals surface area contributed by atoms with Crippen LogP contribution in [-0.4, -0.2) is 17.8 Å². The maximum atomic E-state index is 9.60. The highest BCUT2D eigenvalue weighted by molar-refractivity contribution is 5.64. The van der Waals surface area contributed by atoms with E-state index < -0.39 is 6.09 Å². The SMILES string of the molecule is CCOC(N)=O.Oc1ccccc1. The molecular formula is C9H13NO3. The number of rotatable bonds is 1. The summed E-state index contributed by atoms with van der Waals surface area (Å²) in [6, 6.07) is 8.71. The number of phenols is 1. The lowest BCUT2D eigenvalue weighted by Crippen LogP contribution is -2.11. The predicted molar refractivity (Wildman–Crippen MR) is 49.3 cm³/mol. The Labute approximate surface area is 76.9 Å². The Bertz CT molecular complexity index is 236. The molecule has 13 heavy (non-hydrogen) atoms. The molecule has 0 unspecified atom stereocenters. The van der Waals surface area contributed by atoms with E-state index in [4.69, 9.17) is 5.11 Å². The van der Waals surface area contributed by atoms with Crippen molar-refractivity contribution in [3.8, 4) is 5.75 Å². The molecule has 72 valence electrons. The highest BCUT2D eigenvalue weighted by atomic mass is 16.5. The highest BCUT2D eigenvalue weighted by Crippen LogP contribution is 2.02. The normalized spacial score (nSPS) is 8.08. The van der Waals surface area contributed by atoms with Gasteiger partial charge in [-0.15, -0.1) is 0 Å². The van der Waals surface area contributed by atoms with Gasteiger partial charge in [0.1, 0.15) is 5.75 Å². The fourth-order valence-corrected chi connectivity index (χ4v) is 0.570. The number of benzene rings is 1. The van der Waals surface area contributed by atoms with E-state index in [1.807, 2.05) is 6.07 Å². The monoisotopic (exact) mass is 183 g/mol. The Kier molecular flexibility index (Phi) is 6.05. The van der Waals surface area contributed by atoms with Crippen LogP contribution in [0.1, 0.15) is 6.92 Å². The summed E-state index contributed by atoms with van der Waals surface area (Å²) < 4.78 is 4.18. The Balaban J connectivity index is 0.000000226. The molecule has 0 spiro atoms. The second kappa shape index (κ2) is 6.97. The number of amides is 1. The first-order valence-corrected chi connectivity index (χ1v) is 3.83.